The SMILES string of the molecule is CC(C)OP(=O)(OC(C)C)[C@](C)(O)CO[C@@H]1CNC[C@H]1n1cnc2c(=O)[nH]c(N)nc21. The smallest absolute Gasteiger partial charge is 0.364 e. The Morgan fingerprint density at radius 3 is 2.58 bits per heavy atom. The Labute approximate surface area is 180 Å². The molecule has 0 saturated carbocycles. The summed E-state index contributed by atoms with van der Waals surface area (Å²) in [5.74, 6) is -0.0109. The molecule has 13 heteroatoms. The first-order chi connectivity index (χ1) is 14.4. The van der Waals surface area contributed by atoms with Gasteiger partial charge in [-0.2, -0.15) is 4.98 Å². The number of H-pyrrole nitrogens is 1. The van der Waals surface area contributed by atoms with E-state index in [4.69, 9.17) is 19.5 Å². The lowest BCUT2D eigenvalue weighted by Gasteiger charge is -2.35. The zero-order chi connectivity index (χ0) is 23.0. The fourth-order valence-electron chi connectivity index (χ4n) is 3.43. The minimum Gasteiger partial charge on any atom is -0.376 e. The van der Waals surface area contributed by atoms with Gasteiger partial charge in [0.05, 0.1) is 37.3 Å². The van der Waals surface area contributed by atoms with Crippen LogP contribution in [-0.4, -0.2) is 68.0 Å². The zero-order valence-electron chi connectivity index (χ0n) is 18.4. The highest BCUT2D eigenvalue weighted by atomic mass is 31.2. The summed E-state index contributed by atoms with van der Waals surface area (Å²) in [7, 11) is -3.91. The van der Waals surface area contributed by atoms with Gasteiger partial charge in [0.1, 0.15) is 0 Å². The Morgan fingerprint density at radius 1 is 1.32 bits per heavy atom. The predicted octanol–water partition coefficient (Wildman–Crippen LogP) is 0.983. The van der Waals surface area contributed by atoms with Crippen molar-refractivity contribution in [3.8, 4) is 0 Å². The number of hydrogen-bond donors (Lipinski definition) is 4. The second-order valence-electron chi connectivity index (χ2n) is 8.37. The fraction of sp³-hybridized carbons (Fsp3) is 0.722. The highest BCUT2D eigenvalue weighted by Gasteiger charge is 2.49. The third-order valence-electron chi connectivity index (χ3n) is 4.80. The molecular formula is C18H31N6O6P. The summed E-state index contributed by atoms with van der Waals surface area (Å²) < 4.78 is 32.1. The molecule has 1 fully saturated rings. The quantitative estimate of drug-likeness (QED) is 0.398. The molecule has 2 aromatic heterocycles. The third-order valence-corrected chi connectivity index (χ3v) is 7.50. The second-order valence-corrected chi connectivity index (χ2v) is 10.8. The van der Waals surface area contributed by atoms with Crippen LogP contribution in [0.1, 0.15) is 40.7 Å². The van der Waals surface area contributed by atoms with Gasteiger partial charge in [-0.1, -0.05) is 0 Å². The predicted molar refractivity (Wildman–Crippen MR) is 115 cm³/mol. The number of ether oxygens (including phenoxy) is 1. The summed E-state index contributed by atoms with van der Waals surface area (Å²) in [6.07, 6.45) is 0.262. The summed E-state index contributed by atoms with van der Waals surface area (Å²) in [6, 6.07) is -0.272. The molecule has 12 nitrogen and oxygen atoms in total. The van der Waals surface area contributed by atoms with Gasteiger partial charge in [-0.05, 0) is 34.6 Å². The number of imidazole rings is 1. The Balaban J connectivity index is 1.81. The van der Waals surface area contributed by atoms with Gasteiger partial charge in [-0.15, -0.1) is 0 Å². The summed E-state index contributed by atoms with van der Waals surface area (Å²) in [6.45, 7) is 8.96. The number of nitrogens with two attached hydrogens (primary N) is 1. The summed E-state index contributed by atoms with van der Waals surface area (Å²) in [5.41, 5.74) is 5.77. The van der Waals surface area contributed by atoms with Gasteiger partial charge in [-0.25, -0.2) is 4.98 Å². The topological polar surface area (TPSA) is 167 Å². The molecule has 0 radical (unpaired) electrons. The van der Waals surface area contributed by atoms with E-state index in [2.05, 4.69) is 20.3 Å². The molecule has 1 aliphatic heterocycles. The minimum absolute atomic E-state index is 0.0109. The van der Waals surface area contributed by atoms with Crippen LogP contribution in [0.15, 0.2) is 11.1 Å². The molecule has 5 N–H and O–H groups in total. The van der Waals surface area contributed by atoms with E-state index in [-0.39, 0.29) is 24.1 Å². The second kappa shape index (κ2) is 8.97. The standard InChI is InChI=1S/C18H31N6O6P/c1-10(2)29-31(27,30-11(3)4)18(5,26)8-28-13-7-20-6-12(13)24-9-21-14-15(24)22-17(19)23-16(14)25/h9-13,20,26H,6-8H2,1-5H3,(H3,19,22,23,25)/t12-,13-,18+/m1/s1. The van der Waals surface area contributed by atoms with Crippen molar-refractivity contribution in [1.82, 2.24) is 24.8 Å². The van der Waals surface area contributed by atoms with Crippen LogP contribution in [-0.2, 0) is 18.3 Å². The van der Waals surface area contributed by atoms with Crippen LogP contribution in [0, 0.1) is 0 Å². The molecular weight excluding hydrogens is 427 g/mol. The largest absolute Gasteiger partial charge is 0.376 e. The third kappa shape index (κ3) is 5.00. The normalized spacial score (nSPS) is 21.9. The Bertz CT molecular complexity index is 1000. The van der Waals surface area contributed by atoms with Crippen molar-refractivity contribution < 1.29 is 23.5 Å². The van der Waals surface area contributed by atoms with E-state index in [1.54, 1.807) is 32.3 Å². The Morgan fingerprint density at radius 2 is 1.97 bits per heavy atom. The molecule has 0 amide bonds. The van der Waals surface area contributed by atoms with E-state index in [1.807, 2.05) is 0 Å². The van der Waals surface area contributed by atoms with Crippen LogP contribution >= 0.6 is 7.60 Å². The van der Waals surface area contributed by atoms with Gasteiger partial charge in [0.15, 0.2) is 16.5 Å². The Hall–Kier alpha value is -1.82. The lowest BCUT2D eigenvalue weighted by atomic mass is 10.2. The number of aliphatic hydroxyl groups is 1. The molecule has 174 valence electrons. The number of rotatable bonds is 9. The molecule has 0 aliphatic carbocycles. The average molecular weight is 458 g/mol. The molecule has 0 spiro atoms. The first-order valence-corrected chi connectivity index (χ1v) is 11.7. The molecule has 0 bridgehead atoms. The molecule has 1 saturated heterocycles. The maximum Gasteiger partial charge on any atom is 0.364 e. The van der Waals surface area contributed by atoms with Crippen LogP contribution < -0.4 is 16.6 Å². The van der Waals surface area contributed by atoms with E-state index in [0.29, 0.717) is 18.7 Å². The molecule has 0 aromatic carbocycles. The first-order valence-electron chi connectivity index (χ1n) is 10.2. The van der Waals surface area contributed by atoms with Gasteiger partial charge in [0.2, 0.25) is 5.95 Å². The van der Waals surface area contributed by atoms with Crippen LogP contribution in [0.4, 0.5) is 5.95 Å². The van der Waals surface area contributed by atoms with Gasteiger partial charge >= 0.3 is 7.60 Å². The van der Waals surface area contributed by atoms with Crippen molar-refractivity contribution in [2.75, 3.05) is 25.4 Å². The van der Waals surface area contributed by atoms with Crippen molar-refractivity contribution >= 4 is 24.7 Å². The van der Waals surface area contributed by atoms with Crippen LogP contribution in [0.5, 0.6) is 0 Å². The number of fused-ring (bicyclic) bond motifs is 1. The van der Waals surface area contributed by atoms with Crippen molar-refractivity contribution in [2.24, 2.45) is 0 Å². The summed E-state index contributed by atoms with van der Waals surface area (Å²) in [5, 5.41) is 12.3. The molecule has 31 heavy (non-hydrogen) atoms. The van der Waals surface area contributed by atoms with Gasteiger partial charge in [0.25, 0.3) is 5.56 Å². The van der Waals surface area contributed by atoms with E-state index in [0.717, 1.165) is 0 Å². The van der Waals surface area contributed by atoms with Crippen LogP contribution in [0.25, 0.3) is 11.2 Å². The van der Waals surface area contributed by atoms with E-state index in [1.165, 1.54) is 13.3 Å². The Kier molecular flexibility index (Phi) is 6.90. The van der Waals surface area contributed by atoms with E-state index < -0.39 is 36.8 Å². The van der Waals surface area contributed by atoms with E-state index >= 15 is 0 Å². The van der Waals surface area contributed by atoms with Gasteiger partial charge in [-0.3, -0.25) is 14.3 Å². The monoisotopic (exact) mass is 458 g/mol. The number of nitrogens with one attached hydrogen (secondary N) is 2. The lowest BCUT2D eigenvalue weighted by Crippen LogP contribution is -2.38. The van der Waals surface area contributed by atoms with Crippen molar-refractivity contribution in [1.29, 1.82) is 0 Å². The maximum absolute atomic E-state index is 13.4. The lowest BCUT2D eigenvalue weighted by molar-refractivity contribution is -0.0461. The van der Waals surface area contributed by atoms with E-state index in [9.17, 15) is 14.5 Å². The highest BCUT2D eigenvalue weighted by molar-refractivity contribution is 7.55. The van der Waals surface area contributed by atoms with Crippen LogP contribution in [0.2, 0.25) is 0 Å². The minimum atomic E-state index is -3.91. The number of nitrogens with zero attached hydrogens (tertiary/aromatic N) is 3. The number of aromatic nitrogens is 4. The van der Waals surface area contributed by atoms with Crippen molar-refractivity contribution in [3.63, 3.8) is 0 Å². The van der Waals surface area contributed by atoms with Crippen molar-refractivity contribution in [2.45, 2.75) is 64.3 Å². The van der Waals surface area contributed by atoms with Crippen molar-refractivity contribution in [3.05, 3.63) is 16.7 Å². The van der Waals surface area contributed by atoms with Gasteiger partial charge < -0.3 is 34.5 Å². The molecule has 3 rings (SSSR count). The number of anilines is 1. The molecule has 3 atom stereocenters. The number of nitrogen functional groups attached to an aromatic ring is 1. The molecule has 1 aliphatic rings. The first kappa shape index (κ1) is 23.8. The summed E-state index contributed by atoms with van der Waals surface area (Å²) in [4.78, 5) is 22.8. The molecule has 0 unspecified atom stereocenters. The summed E-state index contributed by atoms with van der Waals surface area (Å²) >= 11 is 0. The average Bonchev–Trinajstić information content (AvgIpc) is 3.24. The highest BCUT2D eigenvalue weighted by Crippen LogP contribution is 2.60. The number of aromatic amines is 1. The fourth-order valence-corrected chi connectivity index (χ4v) is 5.27. The van der Waals surface area contributed by atoms with Gasteiger partial charge in [0, 0.05) is 13.1 Å². The maximum atomic E-state index is 13.4. The molecule has 2 aromatic rings. The zero-order valence-corrected chi connectivity index (χ0v) is 19.3. The number of hydrogen-bond acceptors (Lipinski definition) is 10. The van der Waals surface area contributed by atoms with Crippen LogP contribution in [0.3, 0.4) is 0 Å². The molecule has 3 heterocycles.